The van der Waals surface area contributed by atoms with Crippen molar-refractivity contribution in [1.29, 1.82) is 0 Å². The number of hydrogen-bond donors (Lipinski definition) is 1. The van der Waals surface area contributed by atoms with E-state index in [2.05, 4.69) is 5.32 Å². The van der Waals surface area contributed by atoms with Crippen molar-refractivity contribution in [3.8, 4) is 5.75 Å². The van der Waals surface area contributed by atoms with Crippen LogP contribution < -0.4 is 10.1 Å². The smallest absolute Gasteiger partial charge is 0.255 e. The summed E-state index contributed by atoms with van der Waals surface area (Å²) in [6.45, 7) is 0.673. The molecule has 1 aliphatic heterocycles. The Bertz CT molecular complexity index is 881. The van der Waals surface area contributed by atoms with Gasteiger partial charge in [0.2, 0.25) is 0 Å². The van der Waals surface area contributed by atoms with Crippen LogP contribution in [-0.2, 0) is 16.4 Å². The van der Waals surface area contributed by atoms with Crippen LogP contribution in [0.25, 0.3) is 0 Å². The van der Waals surface area contributed by atoms with Crippen LogP contribution in [0.4, 0.5) is 0 Å². The number of halogens is 1. The number of nitrogens with one attached hydrogen (secondary N) is 1. The maximum atomic E-state index is 12.5. The Kier molecular flexibility index (Phi) is 5.84. The first-order valence-electron chi connectivity index (χ1n) is 8.38. The van der Waals surface area contributed by atoms with Crippen LogP contribution in [0.2, 0.25) is 5.02 Å². The highest BCUT2D eigenvalue weighted by molar-refractivity contribution is 7.91. The molecule has 3 rings (SSSR count). The maximum absolute atomic E-state index is 12.5. The van der Waals surface area contributed by atoms with Gasteiger partial charge in [0.15, 0.2) is 9.84 Å². The third-order valence-electron chi connectivity index (χ3n) is 4.32. The van der Waals surface area contributed by atoms with Crippen LogP contribution in [0, 0.1) is 5.92 Å². The van der Waals surface area contributed by atoms with Gasteiger partial charge in [-0.05, 0) is 42.2 Å². The van der Waals surface area contributed by atoms with Crippen LogP contribution in [0.5, 0.6) is 5.75 Å². The SMILES string of the molecule is O=C(NCC1CCS(=O)(=O)C1)c1ccccc1OCc1ccc(Cl)cc1. The molecule has 0 radical (unpaired) electrons. The molecular weight excluding hydrogens is 374 g/mol. The highest BCUT2D eigenvalue weighted by atomic mass is 35.5. The zero-order chi connectivity index (χ0) is 18.6. The maximum Gasteiger partial charge on any atom is 0.255 e. The number of hydrogen-bond acceptors (Lipinski definition) is 4. The van der Waals surface area contributed by atoms with Gasteiger partial charge in [0.1, 0.15) is 12.4 Å². The van der Waals surface area contributed by atoms with E-state index in [1.54, 1.807) is 36.4 Å². The van der Waals surface area contributed by atoms with Gasteiger partial charge in [-0.1, -0.05) is 35.9 Å². The molecule has 26 heavy (non-hydrogen) atoms. The topological polar surface area (TPSA) is 72.5 Å². The van der Waals surface area contributed by atoms with Gasteiger partial charge in [0.05, 0.1) is 17.1 Å². The summed E-state index contributed by atoms with van der Waals surface area (Å²) in [6, 6.07) is 14.3. The lowest BCUT2D eigenvalue weighted by atomic mass is 10.1. The van der Waals surface area contributed by atoms with E-state index in [1.165, 1.54) is 0 Å². The van der Waals surface area contributed by atoms with Crippen LogP contribution in [0.1, 0.15) is 22.3 Å². The van der Waals surface area contributed by atoms with Crippen molar-refractivity contribution in [2.24, 2.45) is 5.92 Å². The van der Waals surface area contributed by atoms with Gasteiger partial charge >= 0.3 is 0 Å². The molecule has 0 aromatic heterocycles. The largest absolute Gasteiger partial charge is 0.488 e. The molecule has 1 fully saturated rings. The highest BCUT2D eigenvalue weighted by Gasteiger charge is 2.28. The van der Waals surface area contributed by atoms with E-state index in [9.17, 15) is 13.2 Å². The molecule has 2 aromatic carbocycles. The van der Waals surface area contributed by atoms with Gasteiger partial charge in [-0.15, -0.1) is 0 Å². The highest BCUT2D eigenvalue weighted by Crippen LogP contribution is 2.21. The zero-order valence-electron chi connectivity index (χ0n) is 14.2. The Morgan fingerprint density at radius 2 is 1.88 bits per heavy atom. The summed E-state index contributed by atoms with van der Waals surface area (Å²) in [4.78, 5) is 12.5. The molecule has 0 saturated carbocycles. The Labute approximate surface area is 158 Å². The Balaban J connectivity index is 1.60. The van der Waals surface area contributed by atoms with E-state index in [1.807, 2.05) is 12.1 Å². The van der Waals surface area contributed by atoms with Crippen molar-refractivity contribution in [2.45, 2.75) is 13.0 Å². The van der Waals surface area contributed by atoms with Crippen molar-refractivity contribution in [3.05, 3.63) is 64.7 Å². The van der Waals surface area contributed by atoms with Crippen LogP contribution in [0.15, 0.2) is 48.5 Å². The first-order chi connectivity index (χ1) is 12.4. The molecule has 1 amide bonds. The van der Waals surface area contributed by atoms with Crippen LogP contribution in [0.3, 0.4) is 0 Å². The second-order valence-corrected chi connectivity index (χ2v) is 9.06. The molecule has 0 bridgehead atoms. The second kappa shape index (κ2) is 8.10. The summed E-state index contributed by atoms with van der Waals surface area (Å²) in [5, 5.41) is 3.48. The average molecular weight is 394 g/mol. The van der Waals surface area contributed by atoms with Crippen LogP contribution >= 0.6 is 11.6 Å². The van der Waals surface area contributed by atoms with Crippen molar-refractivity contribution in [1.82, 2.24) is 5.32 Å². The van der Waals surface area contributed by atoms with E-state index in [0.717, 1.165) is 5.56 Å². The van der Waals surface area contributed by atoms with Crippen molar-refractivity contribution in [3.63, 3.8) is 0 Å². The van der Waals surface area contributed by atoms with Gasteiger partial charge in [-0.3, -0.25) is 4.79 Å². The van der Waals surface area contributed by atoms with Gasteiger partial charge in [0, 0.05) is 11.6 Å². The molecule has 1 N–H and O–H groups in total. The molecule has 0 aliphatic carbocycles. The number of benzene rings is 2. The lowest BCUT2D eigenvalue weighted by Gasteiger charge is -2.13. The number of carbonyl (C=O) groups excluding carboxylic acids is 1. The van der Waals surface area contributed by atoms with Gasteiger partial charge < -0.3 is 10.1 Å². The molecule has 1 unspecified atom stereocenters. The minimum absolute atomic E-state index is 0.0221. The van der Waals surface area contributed by atoms with E-state index in [4.69, 9.17) is 16.3 Å². The number of ether oxygens (including phenoxy) is 1. The van der Waals surface area contributed by atoms with E-state index in [-0.39, 0.29) is 23.3 Å². The van der Waals surface area contributed by atoms with E-state index < -0.39 is 9.84 Å². The summed E-state index contributed by atoms with van der Waals surface area (Å²) >= 11 is 5.87. The Morgan fingerprint density at radius 1 is 1.15 bits per heavy atom. The number of sulfone groups is 1. The molecule has 1 aliphatic rings. The first kappa shape index (κ1) is 18.7. The minimum atomic E-state index is -2.94. The zero-order valence-corrected chi connectivity index (χ0v) is 15.7. The monoisotopic (exact) mass is 393 g/mol. The molecular formula is C19H20ClNO4S. The van der Waals surface area contributed by atoms with Gasteiger partial charge in [0.25, 0.3) is 5.91 Å². The quantitative estimate of drug-likeness (QED) is 0.818. The molecule has 1 heterocycles. The predicted molar refractivity (Wildman–Crippen MR) is 101 cm³/mol. The van der Waals surface area contributed by atoms with Crippen molar-refractivity contribution < 1.29 is 17.9 Å². The fourth-order valence-corrected chi connectivity index (χ4v) is 4.87. The van der Waals surface area contributed by atoms with Gasteiger partial charge in [-0.25, -0.2) is 8.42 Å². The molecule has 2 aromatic rings. The standard InChI is InChI=1S/C19H20ClNO4S/c20-16-7-5-14(6-8-16)12-25-18-4-2-1-3-17(18)19(22)21-11-15-9-10-26(23,24)13-15/h1-8,15H,9-13H2,(H,21,22). The molecule has 0 spiro atoms. The average Bonchev–Trinajstić information content (AvgIpc) is 2.98. The number of para-hydroxylation sites is 1. The Morgan fingerprint density at radius 3 is 2.58 bits per heavy atom. The lowest BCUT2D eigenvalue weighted by Crippen LogP contribution is -2.30. The van der Waals surface area contributed by atoms with Crippen molar-refractivity contribution in [2.75, 3.05) is 18.1 Å². The van der Waals surface area contributed by atoms with E-state index in [0.29, 0.717) is 35.9 Å². The normalized spacial score (nSPS) is 18.4. The summed E-state index contributed by atoms with van der Waals surface area (Å²) in [6.07, 6.45) is 0.595. The van der Waals surface area contributed by atoms with Crippen LogP contribution in [-0.4, -0.2) is 32.4 Å². The second-order valence-electron chi connectivity index (χ2n) is 6.39. The fraction of sp³-hybridized carbons (Fsp3) is 0.316. The summed E-state index contributed by atoms with van der Waals surface area (Å²) in [5.41, 5.74) is 1.38. The molecule has 1 saturated heterocycles. The number of carbonyl (C=O) groups is 1. The third kappa shape index (κ3) is 4.99. The molecule has 138 valence electrons. The third-order valence-corrected chi connectivity index (χ3v) is 6.41. The first-order valence-corrected chi connectivity index (χ1v) is 10.6. The number of rotatable bonds is 6. The van der Waals surface area contributed by atoms with E-state index >= 15 is 0 Å². The summed E-state index contributed by atoms with van der Waals surface area (Å²) in [7, 11) is -2.94. The molecule has 1 atom stereocenters. The van der Waals surface area contributed by atoms with Gasteiger partial charge in [-0.2, -0.15) is 0 Å². The fourth-order valence-electron chi connectivity index (χ4n) is 2.89. The summed E-state index contributed by atoms with van der Waals surface area (Å²) in [5.74, 6) is 0.544. The molecule has 7 heteroatoms. The molecule has 5 nitrogen and oxygen atoms in total. The lowest BCUT2D eigenvalue weighted by molar-refractivity contribution is 0.0944. The summed E-state index contributed by atoms with van der Waals surface area (Å²) < 4.78 is 28.8. The number of amides is 1. The minimum Gasteiger partial charge on any atom is -0.488 e. The van der Waals surface area contributed by atoms with Crippen molar-refractivity contribution >= 4 is 27.3 Å². The predicted octanol–water partition coefficient (Wildman–Crippen LogP) is 3.08. The Hall–Kier alpha value is -2.05.